The van der Waals surface area contributed by atoms with Crippen molar-refractivity contribution in [1.29, 1.82) is 0 Å². The molecule has 2 heterocycles. The van der Waals surface area contributed by atoms with Crippen LogP contribution in [0.15, 0.2) is 32.5 Å². The second-order valence-corrected chi connectivity index (χ2v) is 6.09. The molecule has 0 spiro atoms. The number of halogens is 3. The van der Waals surface area contributed by atoms with Crippen LogP contribution in [-0.4, -0.2) is 9.97 Å². The number of H-pyrrole nitrogens is 1. The number of nitrogens with one attached hydrogen (secondary N) is 1. The molecule has 0 fully saturated rings. The largest absolute Gasteiger partial charge is 0.337 e. The molecule has 0 saturated carbocycles. The van der Waals surface area contributed by atoms with Gasteiger partial charge >= 0.3 is 0 Å². The first kappa shape index (κ1) is 11.4. The Morgan fingerprint density at radius 2 is 2.06 bits per heavy atom. The predicted octanol–water partition coefficient (Wildman–Crippen LogP) is 4.96. The van der Waals surface area contributed by atoms with E-state index in [-0.39, 0.29) is 5.82 Å². The molecule has 6 heteroatoms. The summed E-state index contributed by atoms with van der Waals surface area (Å²) < 4.78 is 14.8. The van der Waals surface area contributed by atoms with E-state index in [4.69, 9.17) is 0 Å². The van der Waals surface area contributed by atoms with Gasteiger partial charge in [-0.25, -0.2) is 9.37 Å². The third kappa shape index (κ3) is 1.94. The van der Waals surface area contributed by atoms with Crippen LogP contribution in [-0.2, 0) is 0 Å². The molecule has 0 radical (unpaired) electrons. The Balaban J connectivity index is 2.24. The molecule has 0 unspecified atom stereocenters. The highest BCUT2D eigenvalue weighted by molar-refractivity contribution is 9.10. The normalized spacial score (nSPS) is 11.2. The van der Waals surface area contributed by atoms with Gasteiger partial charge in [-0.05, 0) is 49.4 Å². The number of hydrogen-bond donors (Lipinski definition) is 1. The maximum Gasteiger partial charge on any atom is 0.149 e. The van der Waals surface area contributed by atoms with Gasteiger partial charge < -0.3 is 4.98 Å². The molecule has 0 bridgehead atoms. The number of imidazole rings is 1. The molecule has 1 aromatic carbocycles. The highest BCUT2D eigenvalue weighted by atomic mass is 79.9. The van der Waals surface area contributed by atoms with Crippen LogP contribution in [0.1, 0.15) is 0 Å². The van der Waals surface area contributed by atoms with Crippen molar-refractivity contribution in [1.82, 2.24) is 9.97 Å². The summed E-state index contributed by atoms with van der Waals surface area (Å²) in [6.07, 6.45) is 0. The predicted molar refractivity (Wildman–Crippen MR) is 74.8 cm³/mol. The lowest BCUT2D eigenvalue weighted by Crippen LogP contribution is -1.77. The average molecular weight is 376 g/mol. The highest BCUT2D eigenvalue weighted by Crippen LogP contribution is 2.33. The molecule has 86 valence electrons. The lowest BCUT2D eigenvalue weighted by molar-refractivity contribution is 0.623. The maximum absolute atomic E-state index is 13.4. The summed E-state index contributed by atoms with van der Waals surface area (Å²) in [5, 5.41) is 1.98. The topological polar surface area (TPSA) is 28.7 Å². The first-order valence-electron chi connectivity index (χ1n) is 4.73. The number of rotatable bonds is 1. The number of aromatic amines is 1. The van der Waals surface area contributed by atoms with E-state index >= 15 is 0 Å². The van der Waals surface area contributed by atoms with Crippen molar-refractivity contribution in [2.75, 3.05) is 0 Å². The van der Waals surface area contributed by atoms with E-state index in [1.807, 2.05) is 11.4 Å². The molecular weight excluding hydrogens is 371 g/mol. The Hall–Kier alpha value is -0.720. The first-order valence-corrected chi connectivity index (χ1v) is 7.20. The summed E-state index contributed by atoms with van der Waals surface area (Å²) in [5.74, 6) is 0.456. The van der Waals surface area contributed by atoms with Crippen LogP contribution in [0.5, 0.6) is 0 Å². The van der Waals surface area contributed by atoms with E-state index in [0.29, 0.717) is 9.99 Å². The number of fused-ring (bicyclic) bond motifs is 1. The van der Waals surface area contributed by atoms with Gasteiger partial charge in [-0.2, -0.15) is 0 Å². The third-order valence-corrected chi connectivity index (χ3v) is 4.81. The van der Waals surface area contributed by atoms with Crippen molar-refractivity contribution in [3.05, 3.63) is 38.3 Å². The fourth-order valence-electron chi connectivity index (χ4n) is 1.58. The van der Waals surface area contributed by atoms with Crippen LogP contribution in [0.2, 0.25) is 0 Å². The summed E-state index contributed by atoms with van der Waals surface area (Å²) in [4.78, 5) is 8.57. The van der Waals surface area contributed by atoms with Gasteiger partial charge in [0.05, 0.1) is 20.4 Å². The van der Waals surface area contributed by atoms with E-state index in [0.717, 1.165) is 20.7 Å². The molecule has 0 aliphatic heterocycles. The minimum atomic E-state index is -0.294. The Kier molecular flexibility index (Phi) is 2.80. The molecule has 3 aromatic rings. The van der Waals surface area contributed by atoms with Gasteiger partial charge in [0.25, 0.3) is 0 Å². The van der Waals surface area contributed by atoms with Crippen LogP contribution in [0.3, 0.4) is 0 Å². The van der Waals surface area contributed by atoms with Crippen molar-refractivity contribution >= 4 is 54.2 Å². The molecular formula is C11H5Br2FN2S. The average Bonchev–Trinajstić information content (AvgIpc) is 2.85. The number of benzene rings is 1. The van der Waals surface area contributed by atoms with Gasteiger partial charge in [-0.15, -0.1) is 11.3 Å². The molecule has 0 amide bonds. The molecule has 3 rings (SSSR count). The van der Waals surface area contributed by atoms with Crippen LogP contribution in [0.25, 0.3) is 21.7 Å². The molecule has 2 nitrogen and oxygen atoms in total. The molecule has 0 saturated heterocycles. The number of thiophene rings is 1. The summed E-state index contributed by atoms with van der Waals surface area (Å²) in [5.41, 5.74) is 1.44. The van der Waals surface area contributed by atoms with E-state index in [2.05, 4.69) is 41.8 Å². The van der Waals surface area contributed by atoms with Gasteiger partial charge in [0.15, 0.2) is 0 Å². The van der Waals surface area contributed by atoms with E-state index < -0.39 is 0 Å². The van der Waals surface area contributed by atoms with Crippen LogP contribution >= 0.6 is 43.2 Å². The quantitative estimate of drug-likeness (QED) is 0.640. The zero-order valence-electron chi connectivity index (χ0n) is 8.30. The van der Waals surface area contributed by atoms with Gasteiger partial charge in [-0.1, -0.05) is 0 Å². The fourth-order valence-corrected chi connectivity index (χ4v) is 3.41. The zero-order chi connectivity index (χ0) is 12.0. The van der Waals surface area contributed by atoms with E-state index in [9.17, 15) is 4.39 Å². The molecule has 0 atom stereocenters. The second-order valence-electron chi connectivity index (χ2n) is 3.47. The summed E-state index contributed by atoms with van der Waals surface area (Å²) in [6, 6.07) is 5.08. The van der Waals surface area contributed by atoms with Gasteiger partial charge in [0, 0.05) is 10.5 Å². The maximum atomic E-state index is 13.4. The van der Waals surface area contributed by atoms with Crippen molar-refractivity contribution in [3.8, 4) is 10.7 Å². The third-order valence-electron chi connectivity index (χ3n) is 2.36. The molecule has 2 aromatic heterocycles. The van der Waals surface area contributed by atoms with Crippen molar-refractivity contribution < 1.29 is 4.39 Å². The Morgan fingerprint density at radius 3 is 2.76 bits per heavy atom. The molecule has 17 heavy (non-hydrogen) atoms. The summed E-state index contributed by atoms with van der Waals surface area (Å²) in [7, 11) is 0. The molecule has 0 aliphatic rings. The van der Waals surface area contributed by atoms with Crippen LogP contribution in [0.4, 0.5) is 4.39 Å². The lowest BCUT2D eigenvalue weighted by Gasteiger charge is -1.92. The van der Waals surface area contributed by atoms with Gasteiger partial charge in [0.2, 0.25) is 0 Å². The Bertz CT molecular complexity index is 666. The van der Waals surface area contributed by atoms with E-state index in [1.165, 1.54) is 6.07 Å². The monoisotopic (exact) mass is 374 g/mol. The van der Waals surface area contributed by atoms with Crippen molar-refractivity contribution in [2.45, 2.75) is 0 Å². The van der Waals surface area contributed by atoms with Crippen LogP contribution in [0, 0.1) is 5.82 Å². The zero-order valence-corrected chi connectivity index (χ0v) is 12.3. The van der Waals surface area contributed by atoms with Gasteiger partial charge in [-0.3, -0.25) is 0 Å². The SMILES string of the molecule is Fc1cc2[nH]c(-c3sccc3Br)nc2cc1Br. The Labute approximate surface area is 117 Å². The molecule has 0 aliphatic carbocycles. The first-order chi connectivity index (χ1) is 8.15. The van der Waals surface area contributed by atoms with E-state index in [1.54, 1.807) is 17.4 Å². The fraction of sp³-hybridized carbons (Fsp3) is 0. The number of hydrogen-bond acceptors (Lipinski definition) is 2. The summed E-state index contributed by atoms with van der Waals surface area (Å²) in [6.45, 7) is 0. The second kappa shape index (κ2) is 4.19. The molecule has 1 N–H and O–H groups in total. The van der Waals surface area contributed by atoms with Crippen LogP contribution < -0.4 is 0 Å². The highest BCUT2D eigenvalue weighted by Gasteiger charge is 2.11. The number of nitrogens with zero attached hydrogens (tertiary/aromatic N) is 1. The van der Waals surface area contributed by atoms with Gasteiger partial charge in [0.1, 0.15) is 11.6 Å². The summed E-state index contributed by atoms with van der Waals surface area (Å²) >= 11 is 8.19. The minimum Gasteiger partial charge on any atom is -0.337 e. The Morgan fingerprint density at radius 1 is 1.24 bits per heavy atom. The standard InChI is InChI=1S/C11H5Br2FN2S/c12-5-1-2-17-10(5)11-15-8-3-6(13)7(14)4-9(8)16-11/h1-4H,(H,15,16). The number of aromatic nitrogens is 2. The minimum absolute atomic E-state index is 0.294. The van der Waals surface area contributed by atoms with Crippen molar-refractivity contribution in [2.24, 2.45) is 0 Å². The van der Waals surface area contributed by atoms with Crippen molar-refractivity contribution in [3.63, 3.8) is 0 Å². The smallest absolute Gasteiger partial charge is 0.149 e. The lowest BCUT2D eigenvalue weighted by atomic mass is 10.3.